The van der Waals surface area contributed by atoms with E-state index in [4.69, 9.17) is 4.74 Å². The highest BCUT2D eigenvalue weighted by atomic mass is 16.6. The molecule has 2 aromatic heterocycles. The minimum absolute atomic E-state index is 0.110. The number of aromatic nitrogens is 4. The second-order valence-electron chi connectivity index (χ2n) is 4.77. The number of hydrogen-bond donors (Lipinski definition) is 4. The number of fused-ring (bicyclic) bond motifs is 1. The van der Waals surface area contributed by atoms with Crippen LogP contribution in [-0.4, -0.2) is 59.3 Å². The van der Waals surface area contributed by atoms with Gasteiger partial charge in [-0.25, -0.2) is 9.97 Å². The van der Waals surface area contributed by atoms with Gasteiger partial charge in [0.2, 0.25) is 0 Å². The standard InChI is InChI=1S/C11H14N4O5/c1-4(16)8-6(17)7(18)11(20-8)15-3-14-5-9(15)12-2-13-10(5)19/h2-4,6-8,11,16-18H,1H3,(H,12,13,19)/t4-,6-,7+,8+,11-/m1/s1. The highest BCUT2D eigenvalue weighted by Crippen LogP contribution is 2.32. The number of aromatic amines is 1. The zero-order valence-corrected chi connectivity index (χ0v) is 10.5. The summed E-state index contributed by atoms with van der Waals surface area (Å²) in [6, 6.07) is 0. The van der Waals surface area contributed by atoms with Gasteiger partial charge in [-0.3, -0.25) is 9.36 Å². The predicted octanol–water partition coefficient (Wildman–Crippen LogP) is -1.88. The monoisotopic (exact) mass is 282 g/mol. The Bertz CT molecular complexity index is 681. The third kappa shape index (κ3) is 1.83. The first-order valence-corrected chi connectivity index (χ1v) is 6.10. The third-order valence-corrected chi connectivity index (χ3v) is 3.39. The smallest absolute Gasteiger partial charge is 0.278 e. The van der Waals surface area contributed by atoms with E-state index in [0.29, 0.717) is 0 Å². The summed E-state index contributed by atoms with van der Waals surface area (Å²) in [6.45, 7) is 1.46. The zero-order chi connectivity index (χ0) is 14.4. The molecule has 0 unspecified atom stereocenters. The number of nitrogens with zero attached hydrogens (tertiary/aromatic N) is 3. The SMILES string of the molecule is C[C@@H](O)[C@@H]1O[C@@H](n2cnc3c(=O)[nH]cnc32)[C@@H](O)[C@H]1O. The Morgan fingerprint density at radius 2 is 2.15 bits per heavy atom. The maximum atomic E-state index is 11.6. The van der Waals surface area contributed by atoms with Crippen LogP contribution in [0.4, 0.5) is 0 Å². The van der Waals surface area contributed by atoms with Crippen molar-refractivity contribution < 1.29 is 20.1 Å². The molecule has 20 heavy (non-hydrogen) atoms. The number of rotatable bonds is 2. The van der Waals surface area contributed by atoms with E-state index in [1.165, 1.54) is 24.1 Å². The van der Waals surface area contributed by atoms with Crippen molar-refractivity contribution in [3.63, 3.8) is 0 Å². The van der Waals surface area contributed by atoms with Crippen molar-refractivity contribution in [1.29, 1.82) is 0 Å². The molecule has 0 aromatic carbocycles. The van der Waals surface area contributed by atoms with Crippen molar-refractivity contribution in [3.05, 3.63) is 23.0 Å². The van der Waals surface area contributed by atoms with Gasteiger partial charge in [0.05, 0.1) is 18.8 Å². The Hall–Kier alpha value is -1.81. The second kappa shape index (κ2) is 4.63. The first-order valence-electron chi connectivity index (χ1n) is 6.10. The van der Waals surface area contributed by atoms with Crippen LogP contribution in [-0.2, 0) is 4.74 Å². The van der Waals surface area contributed by atoms with Crippen LogP contribution in [0.1, 0.15) is 13.2 Å². The minimum Gasteiger partial charge on any atom is -0.391 e. The third-order valence-electron chi connectivity index (χ3n) is 3.39. The molecule has 4 N–H and O–H groups in total. The van der Waals surface area contributed by atoms with Crippen molar-refractivity contribution in [2.75, 3.05) is 0 Å². The lowest BCUT2D eigenvalue weighted by Crippen LogP contribution is -2.37. The van der Waals surface area contributed by atoms with Crippen LogP contribution in [0.15, 0.2) is 17.4 Å². The fourth-order valence-electron chi connectivity index (χ4n) is 2.36. The number of H-pyrrole nitrogens is 1. The topological polar surface area (TPSA) is 133 Å². The summed E-state index contributed by atoms with van der Waals surface area (Å²) < 4.78 is 6.82. The molecule has 0 radical (unpaired) electrons. The second-order valence-corrected chi connectivity index (χ2v) is 4.77. The Labute approximate surface area is 112 Å². The van der Waals surface area contributed by atoms with Crippen LogP contribution in [0.25, 0.3) is 11.2 Å². The van der Waals surface area contributed by atoms with Crippen molar-refractivity contribution >= 4 is 11.2 Å². The maximum Gasteiger partial charge on any atom is 0.278 e. The highest BCUT2D eigenvalue weighted by molar-refractivity contribution is 5.68. The molecule has 9 heteroatoms. The average molecular weight is 282 g/mol. The highest BCUT2D eigenvalue weighted by Gasteiger charge is 2.46. The van der Waals surface area contributed by atoms with E-state index >= 15 is 0 Å². The van der Waals surface area contributed by atoms with E-state index in [1.54, 1.807) is 0 Å². The number of aliphatic hydroxyl groups excluding tert-OH is 3. The molecule has 5 atom stereocenters. The maximum absolute atomic E-state index is 11.6. The van der Waals surface area contributed by atoms with Gasteiger partial charge in [-0.2, -0.15) is 0 Å². The fourth-order valence-corrected chi connectivity index (χ4v) is 2.36. The quantitative estimate of drug-likeness (QED) is 0.506. The van der Waals surface area contributed by atoms with Gasteiger partial charge >= 0.3 is 0 Å². The van der Waals surface area contributed by atoms with Crippen LogP contribution in [0, 0.1) is 0 Å². The van der Waals surface area contributed by atoms with Crippen LogP contribution in [0.5, 0.6) is 0 Å². The number of nitrogens with one attached hydrogen (secondary N) is 1. The van der Waals surface area contributed by atoms with E-state index in [0.717, 1.165) is 0 Å². The summed E-state index contributed by atoms with van der Waals surface area (Å²) in [4.78, 5) is 21.9. The molecule has 1 aliphatic heterocycles. The van der Waals surface area contributed by atoms with Crippen LogP contribution in [0.3, 0.4) is 0 Å². The lowest BCUT2D eigenvalue weighted by atomic mass is 10.1. The molecule has 0 amide bonds. The van der Waals surface area contributed by atoms with Gasteiger partial charge in [-0.05, 0) is 6.92 Å². The molecule has 0 saturated carbocycles. The Morgan fingerprint density at radius 1 is 1.40 bits per heavy atom. The molecule has 3 rings (SSSR count). The van der Waals surface area contributed by atoms with Gasteiger partial charge < -0.3 is 25.0 Å². The van der Waals surface area contributed by atoms with Gasteiger partial charge in [-0.15, -0.1) is 0 Å². The van der Waals surface area contributed by atoms with Gasteiger partial charge in [0, 0.05) is 0 Å². The average Bonchev–Trinajstić information content (AvgIpc) is 2.94. The molecular formula is C11H14N4O5. The first kappa shape index (κ1) is 13.2. The van der Waals surface area contributed by atoms with E-state index in [-0.39, 0.29) is 11.2 Å². The largest absolute Gasteiger partial charge is 0.391 e. The fraction of sp³-hybridized carbons (Fsp3) is 0.545. The Balaban J connectivity index is 2.04. The molecule has 2 aromatic rings. The first-order chi connectivity index (χ1) is 9.50. The molecule has 0 bridgehead atoms. The van der Waals surface area contributed by atoms with Gasteiger partial charge in [0.1, 0.15) is 18.3 Å². The van der Waals surface area contributed by atoms with Crippen LogP contribution < -0.4 is 5.56 Å². The number of imidazole rings is 1. The van der Waals surface area contributed by atoms with E-state index < -0.39 is 36.2 Å². The number of aliphatic hydroxyl groups is 3. The lowest BCUT2D eigenvalue weighted by Gasteiger charge is -2.17. The zero-order valence-electron chi connectivity index (χ0n) is 10.5. The van der Waals surface area contributed by atoms with Crippen molar-refractivity contribution in [2.45, 2.75) is 37.6 Å². The molecule has 3 heterocycles. The molecule has 0 aliphatic carbocycles. The van der Waals surface area contributed by atoms with Gasteiger partial charge in [-0.1, -0.05) is 0 Å². The molecule has 9 nitrogen and oxygen atoms in total. The number of hydrogen-bond acceptors (Lipinski definition) is 7. The Morgan fingerprint density at radius 3 is 2.80 bits per heavy atom. The van der Waals surface area contributed by atoms with E-state index in [9.17, 15) is 20.1 Å². The summed E-state index contributed by atoms with van der Waals surface area (Å²) in [5, 5.41) is 29.4. The van der Waals surface area contributed by atoms with Gasteiger partial charge in [0.15, 0.2) is 17.4 Å². The van der Waals surface area contributed by atoms with Crippen molar-refractivity contribution in [2.24, 2.45) is 0 Å². The van der Waals surface area contributed by atoms with E-state index in [1.807, 2.05) is 0 Å². The van der Waals surface area contributed by atoms with Crippen LogP contribution in [0.2, 0.25) is 0 Å². The lowest BCUT2D eigenvalue weighted by molar-refractivity contribution is -0.0777. The summed E-state index contributed by atoms with van der Waals surface area (Å²) in [5.74, 6) is 0. The van der Waals surface area contributed by atoms with Crippen molar-refractivity contribution in [3.8, 4) is 0 Å². The summed E-state index contributed by atoms with van der Waals surface area (Å²) in [5.41, 5.74) is -0.0663. The molecule has 1 saturated heterocycles. The molecular weight excluding hydrogens is 268 g/mol. The molecule has 0 spiro atoms. The van der Waals surface area contributed by atoms with Crippen LogP contribution >= 0.6 is 0 Å². The predicted molar refractivity (Wildman–Crippen MR) is 65.8 cm³/mol. The van der Waals surface area contributed by atoms with E-state index in [2.05, 4.69) is 15.0 Å². The number of ether oxygens (including phenoxy) is 1. The molecule has 1 fully saturated rings. The summed E-state index contributed by atoms with van der Waals surface area (Å²) in [6.07, 6.45) is -2.81. The molecule has 108 valence electrons. The summed E-state index contributed by atoms with van der Waals surface area (Å²) in [7, 11) is 0. The minimum atomic E-state index is -1.26. The normalized spacial score (nSPS) is 31.8. The van der Waals surface area contributed by atoms with Crippen molar-refractivity contribution in [1.82, 2.24) is 19.5 Å². The summed E-state index contributed by atoms with van der Waals surface area (Å²) >= 11 is 0. The van der Waals surface area contributed by atoms with Gasteiger partial charge in [0.25, 0.3) is 5.56 Å². The Kier molecular flexibility index (Phi) is 3.05. The molecule has 1 aliphatic rings.